The third-order valence-corrected chi connectivity index (χ3v) is 4.64. The third-order valence-electron chi connectivity index (χ3n) is 3.13. The van der Waals surface area contributed by atoms with Crippen LogP contribution in [0.4, 0.5) is 0 Å². The van der Waals surface area contributed by atoms with Gasteiger partial charge in [0.2, 0.25) is 0 Å². The highest BCUT2D eigenvalue weighted by Gasteiger charge is 2.11. The molecule has 28 heavy (non-hydrogen) atoms. The Morgan fingerprint density at radius 3 is 1.25 bits per heavy atom. The molecule has 0 bridgehead atoms. The maximum atomic E-state index is 11.2. The molecule has 160 valence electrons. The van der Waals surface area contributed by atoms with Crippen molar-refractivity contribution in [3.05, 3.63) is 0 Å². The molecule has 0 aliphatic heterocycles. The molecule has 4 nitrogen and oxygen atoms in total. The standard InChI is InChI=1S/C9H18BO2P2.C8H14BO2.C3H8/c1-2-5-8(11)10-9(12)6-3-4-7-14-13;1-3-5-7(10)9-8(11)6-4-2;1-3-2/h14H,2-7,13H2,1H3;3-6H2,1-2H3;3H2,1-2H3. The van der Waals surface area contributed by atoms with Crippen LogP contribution in [0, 0.1) is 0 Å². The summed E-state index contributed by atoms with van der Waals surface area (Å²) in [6.07, 6.45) is 8.88. The summed E-state index contributed by atoms with van der Waals surface area (Å²) >= 11 is 0. The predicted octanol–water partition coefficient (Wildman–Crippen LogP) is 4.94. The molecule has 0 N–H and O–H groups in total. The van der Waals surface area contributed by atoms with Crippen LogP contribution in [0.5, 0.6) is 0 Å². The van der Waals surface area contributed by atoms with Gasteiger partial charge in [-0.1, -0.05) is 60.3 Å². The summed E-state index contributed by atoms with van der Waals surface area (Å²) in [6.45, 7) is 10.0. The lowest BCUT2D eigenvalue weighted by Gasteiger charge is -1.98. The zero-order valence-electron chi connectivity index (χ0n) is 18.6. The summed E-state index contributed by atoms with van der Waals surface area (Å²) in [5, 5.41) is 0. The fourth-order valence-electron chi connectivity index (χ4n) is 1.91. The van der Waals surface area contributed by atoms with Gasteiger partial charge in [-0.3, -0.25) is 0 Å². The van der Waals surface area contributed by atoms with Gasteiger partial charge in [0.25, 0.3) is 14.6 Å². The molecule has 0 spiro atoms. The van der Waals surface area contributed by atoms with Crippen LogP contribution < -0.4 is 0 Å². The second-order valence-corrected chi connectivity index (χ2v) is 8.66. The van der Waals surface area contributed by atoms with E-state index in [1.54, 1.807) is 0 Å². The first-order valence-electron chi connectivity index (χ1n) is 10.6. The van der Waals surface area contributed by atoms with Crippen LogP contribution in [0.15, 0.2) is 0 Å². The van der Waals surface area contributed by atoms with Crippen molar-refractivity contribution in [2.75, 3.05) is 6.16 Å². The minimum Gasteiger partial charge on any atom is -0.311 e. The van der Waals surface area contributed by atoms with Gasteiger partial charge in [0.1, 0.15) is 0 Å². The lowest BCUT2D eigenvalue weighted by molar-refractivity contribution is -0.116. The third kappa shape index (κ3) is 30.4. The highest BCUT2D eigenvalue weighted by molar-refractivity contribution is 8.02. The van der Waals surface area contributed by atoms with Crippen molar-refractivity contribution in [2.24, 2.45) is 0 Å². The van der Waals surface area contributed by atoms with Crippen LogP contribution in [0.1, 0.15) is 98.8 Å². The Hall–Kier alpha value is -0.330. The second kappa shape index (κ2) is 26.7. The Morgan fingerprint density at radius 2 is 0.964 bits per heavy atom. The normalized spacial score (nSPS) is 9.64. The van der Waals surface area contributed by atoms with Gasteiger partial charge in [-0.25, -0.2) is 0 Å². The molecule has 0 amide bonds. The van der Waals surface area contributed by atoms with Gasteiger partial charge >= 0.3 is 0 Å². The van der Waals surface area contributed by atoms with Crippen LogP contribution in [0.2, 0.25) is 0 Å². The zero-order valence-corrected chi connectivity index (χ0v) is 20.8. The summed E-state index contributed by atoms with van der Waals surface area (Å²) in [7, 11) is 6.08. The van der Waals surface area contributed by atoms with Crippen molar-refractivity contribution in [1.82, 2.24) is 0 Å². The van der Waals surface area contributed by atoms with Crippen LogP contribution >= 0.6 is 17.2 Å². The number of unbranched alkanes of at least 4 members (excludes halogenated alkanes) is 1. The first kappa shape index (κ1) is 32.3. The van der Waals surface area contributed by atoms with E-state index in [1.807, 2.05) is 20.8 Å². The molecule has 0 aromatic rings. The molecular formula is C20H40B2O4P2. The van der Waals surface area contributed by atoms with Gasteiger partial charge in [0.15, 0.2) is 0 Å². The zero-order chi connectivity index (χ0) is 22.2. The van der Waals surface area contributed by atoms with E-state index in [-0.39, 0.29) is 22.7 Å². The van der Waals surface area contributed by atoms with Crippen molar-refractivity contribution in [1.29, 1.82) is 0 Å². The Morgan fingerprint density at radius 1 is 0.643 bits per heavy atom. The molecule has 2 radical (unpaired) electrons. The minimum absolute atomic E-state index is 0.00413. The van der Waals surface area contributed by atoms with Gasteiger partial charge in [-0.2, -0.15) is 0 Å². The van der Waals surface area contributed by atoms with Crippen molar-refractivity contribution in [3.8, 4) is 0 Å². The molecule has 2 atom stereocenters. The van der Waals surface area contributed by atoms with Crippen molar-refractivity contribution < 1.29 is 19.2 Å². The van der Waals surface area contributed by atoms with E-state index in [9.17, 15) is 19.2 Å². The molecule has 0 rings (SSSR count). The maximum absolute atomic E-state index is 11.2. The molecule has 0 saturated carbocycles. The molecular weight excluding hydrogens is 388 g/mol. The first-order chi connectivity index (χ1) is 13.3. The van der Waals surface area contributed by atoms with Gasteiger partial charge in [0, 0.05) is 0 Å². The van der Waals surface area contributed by atoms with E-state index in [0.717, 1.165) is 40.4 Å². The van der Waals surface area contributed by atoms with E-state index in [4.69, 9.17) is 0 Å². The summed E-state index contributed by atoms with van der Waals surface area (Å²) in [6, 6.07) is 0. The topological polar surface area (TPSA) is 68.3 Å². The Kier molecular flexibility index (Phi) is 30.8. The van der Waals surface area contributed by atoms with E-state index in [2.05, 4.69) is 22.8 Å². The van der Waals surface area contributed by atoms with Crippen molar-refractivity contribution >= 4 is 54.5 Å². The number of hydrogen-bond acceptors (Lipinski definition) is 4. The quantitative estimate of drug-likeness (QED) is 0.211. The number of hydrogen-bond donors (Lipinski definition) is 0. The lowest BCUT2D eigenvalue weighted by Crippen LogP contribution is -2.19. The molecule has 8 heteroatoms. The van der Waals surface area contributed by atoms with Gasteiger partial charge in [0.05, 0.1) is 22.7 Å². The minimum atomic E-state index is -0.0362. The highest BCUT2D eigenvalue weighted by atomic mass is 32.0. The van der Waals surface area contributed by atoms with Crippen LogP contribution in [-0.4, -0.2) is 43.5 Å². The number of carbonyl (C=O) groups is 4. The molecule has 0 aliphatic rings. The molecule has 0 aromatic carbocycles. The molecule has 0 aromatic heterocycles. The Bertz CT molecular complexity index is 403. The Labute approximate surface area is 178 Å². The average Bonchev–Trinajstić information content (AvgIpc) is 2.60. The van der Waals surface area contributed by atoms with Crippen molar-refractivity contribution in [2.45, 2.75) is 98.8 Å². The first-order valence-corrected chi connectivity index (χ1v) is 13.6. The molecule has 0 heterocycles. The monoisotopic (exact) mass is 428 g/mol. The summed E-state index contributed by atoms with van der Waals surface area (Å²) in [5.74, 6) is 0. The SMILES string of the molecule is CCC.CCCC(=O)[B]C(=O)CCC.CCCC(=O)[B]C(=O)CCCCPP. The van der Waals surface area contributed by atoms with E-state index < -0.39 is 0 Å². The summed E-state index contributed by atoms with van der Waals surface area (Å²) in [4.78, 5) is 44.0. The highest BCUT2D eigenvalue weighted by Crippen LogP contribution is 2.21. The average molecular weight is 428 g/mol. The van der Waals surface area contributed by atoms with Crippen LogP contribution in [-0.2, 0) is 19.2 Å². The smallest absolute Gasteiger partial charge is 0.290 e. The van der Waals surface area contributed by atoms with Gasteiger partial charge < -0.3 is 19.2 Å². The summed E-state index contributed by atoms with van der Waals surface area (Å²) in [5.41, 5.74) is -0.0992. The predicted molar refractivity (Wildman–Crippen MR) is 129 cm³/mol. The molecule has 2 unspecified atom stereocenters. The summed E-state index contributed by atoms with van der Waals surface area (Å²) < 4.78 is 0. The maximum Gasteiger partial charge on any atom is 0.290 e. The number of carbonyl (C=O) groups excluding carboxylic acids is 4. The fourth-order valence-corrected chi connectivity index (χ4v) is 2.98. The van der Waals surface area contributed by atoms with E-state index >= 15 is 0 Å². The Balaban J connectivity index is -0.000000399. The number of rotatable bonds is 15. The molecule has 0 aliphatic carbocycles. The lowest BCUT2D eigenvalue weighted by atomic mass is 9.66. The van der Waals surface area contributed by atoms with Crippen molar-refractivity contribution in [3.63, 3.8) is 0 Å². The largest absolute Gasteiger partial charge is 0.311 e. The van der Waals surface area contributed by atoms with Gasteiger partial charge in [-0.05, 0) is 44.7 Å². The van der Waals surface area contributed by atoms with Crippen LogP contribution in [0.3, 0.4) is 0 Å². The van der Waals surface area contributed by atoms with E-state index in [1.165, 1.54) is 27.1 Å². The molecule has 0 fully saturated rings. The van der Waals surface area contributed by atoms with E-state index in [0.29, 0.717) is 25.7 Å². The van der Waals surface area contributed by atoms with Gasteiger partial charge in [-0.15, -0.1) is 17.2 Å². The fraction of sp³-hybridized carbons (Fsp3) is 0.800. The molecule has 0 saturated heterocycles. The second-order valence-electron chi connectivity index (χ2n) is 6.52. The van der Waals surface area contributed by atoms with Crippen LogP contribution in [0.25, 0.3) is 0 Å².